The van der Waals surface area contributed by atoms with Crippen molar-refractivity contribution in [2.75, 3.05) is 44.0 Å². The van der Waals surface area contributed by atoms with Crippen LogP contribution in [0.5, 0.6) is 23.3 Å². The highest BCUT2D eigenvalue weighted by atomic mass is 19.1. The van der Waals surface area contributed by atoms with Crippen LogP contribution in [0.15, 0.2) is 66.7 Å². The van der Waals surface area contributed by atoms with Crippen LogP contribution < -0.4 is 25.0 Å². The maximum Gasteiger partial charge on any atom is 0.277 e. The van der Waals surface area contributed by atoms with E-state index in [4.69, 9.17) is 19.2 Å². The number of benzene rings is 3. The lowest BCUT2D eigenvalue weighted by Crippen LogP contribution is -2.31. The lowest BCUT2D eigenvalue weighted by molar-refractivity contribution is -0.181. The molecule has 2 heterocycles. The van der Waals surface area contributed by atoms with Gasteiger partial charge in [-0.1, -0.05) is 42.8 Å². The van der Waals surface area contributed by atoms with Gasteiger partial charge in [-0.15, -0.1) is 0 Å². The SMILES string of the molecule is COOc1nc(Nc2ccc(OCCCN3CCCCC3)c(F)c2)nc(Oc2ccccc2)c1C(=O)Nc1c(C)cccc1C. The monoisotopic (exact) mass is 615 g/mol. The standard InChI is InChI=1S/C34H38FN5O5/c1-23-12-10-13-24(2)30(23)37-31(41)29-32(44-26-14-6-4-7-15-26)38-34(39-33(29)45-42-3)36-25-16-17-28(27(35)22-25)43-21-11-20-40-18-8-5-9-19-40/h4,6-7,10,12-17,22H,5,8-9,11,18-21H2,1-3H3,(H,37,41)(H,36,38,39). The van der Waals surface area contributed by atoms with E-state index in [0.29, 0.717) is 23.7 Å². The number of hydrogen-bond donors (Lipinski definition) is 2. The summed E-state index contributed by atoms with van der Waals surface area (Å²) in [6.07, 6.45) is 4.58. The van der Waals surface area contributed by atoms with E-state index in [2.05, 4.69) is 25.5 Å². The minimum Gasteiger partial charge on any atom is -0.490 e. The predicted molar refractivity (Wildman–Crippen MR) is 170 cm³/mol. The molecule has 0 radical (unpaired) electrons. The van der Waals surface area contributed by atoms with Crippen molar-refractivity contribution in [3.8, 4) is 23.3 Å². The van der Waals surface area contributed by atoms with Crippen molar-refractivity contribution in [3.05, 3.63) is 89.2 Å². The molecule has 45 heavy (non-hydrogen) atoms. The first-order chi connectivity index (χ1) is 21.9. The van der Waals surface area contributed by atoms with Crippen molar-refractivity contribution in [2.24, 2.45) is 0 Å². The molecule has 10 nitrogen and oxygen atoms in total. The largest absolute Gasteiger partial charge is 0.490 e. The van der Waals surface area contributed by atoms with Crippen LogP contribution in [0.1, 0.15) is 47.2 Å². The number of ether oxygens (including phenoxy) is 2. The van der Waals surface area contributed by atoms with Crippen molar-refractivity contribution in [1.29, 1.82) is 0 Å². The summed E-state index contributed by atoms with van der Waals surface area (Å²) in [6, 6.07) is 19.1. The smallest absolute Gasteiger partial charge is 0.277 e. The molecule has 1 aliphatic heterocycles. The number of aromatic nitrogens is 2. The Hall–Kier alpha value is -4.74. The molecule has 1 aliphatic rings. The third kappa shape index (κ3) is 8.46. The number of hydrogen-bond acceptors (Lipinski definition) is 9. The number of nitrogens with zero attached hydrogens (tertiary/aromatic N) is 3. The predicted octanol–water partition coefficient (Wildman–Crippen LogP) is 7.22. The van der Waals surface area contributed by atoms with Crippen LogP contribution >= 0.6 is 0 Å². The lowest BCUT2D eigenvalue weighted by atomic mass is 10.1. The first-order valence-corrected chi connectivity index (χ1v) is 15.1. The van der Waals surface area contributed by atoms with Crippen LogP contribution in [-0.2, 0) is 4.89 Å². The van der Waals surface area contributed by atoms with Gasteiger partial charge >= 0.3 is 0 Å². The second-order valence-electron chi connectivity index (χ2n) is 10.8. The zero-order valence-electron chi connectivity index (χ0n) is 25.8. The Morgan fingerprint density at radius 3 is 2.38 bits per heavy atom. The van der Waals surface area contributed by atoms with Gasteiger partial charge in [0, 0.05) is 24.0 Å². The van der Waals surface area contributed by atoms with Gasteiger partial charge in [-0.25, -0.2) is 4.39 Å². The molecule has 0 saturated carbocycles. The third-order valence-electron chi connectivity index (χ3n) is 7.42. The van der Waals surface area contributed by atoms with Crippen LogP contribution in [0.2, 0.25) is 0 Å². The normalized spacial score (nSPS) is 13.2. The van der Waals surface area contributed by atoms with E-state index in [1.54, 1.807) is 36.4 Å². The van der Waals surface area contributed by atoms with Gasteiger partial charge in [-0.2, -0.15) is 14.9 Å². The average molecular weight is 616 g/mol. The number of carbonyl (C=O) groups excluding carboxylic acids is 1. The van der Waals surface area contributed by atoms with E-state index in [0.717, 1.165) is 37.2 Å². The highest BCUT2D eigenvalue weighted by Gasteiger charge is 2.27. The van der Waals surface area contributed by atoms with Crippen molar-refractivity contribution in [3.63, 3.8) is 0 Å². The fourth-order valence-electron chi connectivity index (χ4n) is 5.15. The number of nitrogens with one attached hydrogen (secondary N) is 2. The highest BCUT2D eigenvalue weighted by molar-refractivity contribution is 6.08. The first kappa shape index (κ1) is 31.7. The van der Waals surface area contributed by atoms with E-state index in [1.807, 2.05) is 38.1 Å². The summed E-state index contributed by atoms with van der Waals surface area (Å²) in [5, 5.41) is 5.89. The minimum atomic E-state index is -0.565. The molecule has 1 saturated heterocycles. The number of piperidine rings is 1. The number of para-hydroxylation sites is 2. The molecule has 0 aliphatic carbocycles. The average Bonchev–Trinajstić information content (AvgIpc) is 3.03. The summed E-state index contributed by atoms with van der Waals surface area (Å²) >= 11 is 0. The molecule has 5 rings (SSSR count). The van der Waals surface area contributed by atoms with Crippen LogP contribution in [0, 0.1) is 19.7 Å². The summed E-state index contributed by atoms with van der Waals surface area (Å²) in [5.41, 5.74) is 2.66. The summed E-state index contributed by atoms with van der Waals surface area (Å²) in [5.74, 6) is -0.801. The van der Waals surface area contributed by atoms with Crippen LogP contribution in [0.25, 0.3) is 0 Å². The lowest BCUT2D eigenvalue weighted by Gasteiger charge is -2.26. The molecule has 1 fully saturated rings. The van der Waals surface area contributed by atoms with E-state index in [9.17, 15) is 4.79 Å². The Morgan fingerprint density at radius 1 is 0.933 bits per heavy atom. The van der Waals surface area contributed by atoms with Crippen molar-refractivity contribution >= 4 is 23.2 Å². The van der Waals surface area contributed by atoms with Crippen LogP contribution in [0.3, 0.4) is 0 Å². The number of anilines is 3. The van der Waals surface area contributed by atoms with Gasteiger partial charge in [0.15, 0.2) is 17.1 Å². The Bertz CT molecular complexity index is 1580. The maximum absolute atomic E-state index is 15.0. The molecule has 0 bridgehead atoms. The molecule has 1 amide bonds. The molecular formula is C34H38FN5O5. The highest BCUT2D eigenvalue weighted by Crippen LogP contribution is 2.33. The number of amides is 1. The molecule has 236 valence electrons. The van der Waals surface area contributed by atoms with Crippen molar-refractivity contribution in [2.45, 2.75) is 39.5 Å². The number of aryl methyl sites for hydroxylation is 2. The molecule has 4 aromatic rings. The number of carbonyl (C=O) groups is 1. The zero-order valence-corrected chi connectivity index (χ0v) is 25.8. The van der Waals surface area contributed by atoms with Gasteiger partial charge < -0.3 is 29.9 Å². The molecule has 2 N–H and O–H groups in total. The molecule has 3 aromatic carbocycles. The fourth-order valence-corrected chi connectivity index (χ4v) is 5.15. The van der Waals surface area contributed by atoms with E-state index in [-0.39, 0.29) is 29.0 Å². The molecule has 0 unspecified atom stereocenters. The van der Waals surface area contributed by atoms with Crippen molar-refractivity contribution < 1.29 is 28.4 Å². The molecular weight excluding hydrogens is 577 g/mol. The van der Waals surface area contributed by atoms with Crippen molar-refractivity contribution in [1.82, 2.24) is 14.9 Å². The number of rotatable bonds is 13. The van der Waals surface area contributed by atoms with Gasteiger partial charge in [-0.3, -0.25) is 4.79 Å². The van der Waals surface area contributed by atoms with Crippen LogP contribution in [-0.4, -0.2) is 54.1 Å². The van der Waals surface area contributed by atoms with E-state index < -0.39 is 11.7 Å². The molecule has 0 spiro atoms. The number of likely N-dealkylation sites (tertiary alicyclic amines) is 1. The second kappa shape index (κ2) is 15.3. The summed E-state index contributed by atoms with van der Waals surface area (Å²) in [4.78, 5) is 35.2. The van der Waals surface area contributed by atoms with Gasteiger partial charge in [0.05, 0.1) is 13.7 Å². The topological polar surface area (TPSA) is 107 Å². The Labute approximate surface area is 262 Å². The fraction of sp³-hybridized carbons (Fsp3) is 0.324. The Balaban J connectivity index is 1.37. The summed E-state index contributed by atoms with van der Waals surface area (Å²) in [7, 11) is 1.29. The number of halogens is 1. The zero-order chi connectivity index (χ0) is 31.6. The summed E-state index contributed by atoms with van der Waals surface area (Å²) in [6.45, 7) is 7.38. The third-order valence-corrected chi connectivity index (χ3v) is 7.42. The van der Waals surface area contributed by atoms with Crippen LogP contribution in [0.4, 0.5) is 21.7 Å². The second-order valence-corrected chi connectivity index (χ2v) is 10.8. The minimum absolute atomic E-state index is 0.00815. The molecule has 1 aromatic heterocycles. The van der Waals surface area contributed by atoms with E-state index >= 15 is 4.39 Å². The quantitative estimate of drug-likeness (QED) is 0.0916. The Kier molecular flexibility index (Phi) is 10.8. The van der Waals surface area contributed by atoms with Gasteiger partial charge in [-0.05, 0) is 81.6 Å². The maximum atomic E-state index is 15.0. The first-order valence-electron chi connectivity index (χ1n) is 15.1. The molecule has 11 heteroatoms. The molecule has 0 atom stereocenters. The summed E-state index contributed by atoms with van der Waals surface area (Å²) < 4.78 is 26.8. The van der Waals surface area contributed by atoms with Gasteiger partial charge in [0.1, 0.15) is 5.75 Å². The van der Waals surface area contributed by atoms with Gasteiger partial charge in [0.2, 0.25) is 11.8 Å². The van der Waals surface area contributed by atoms with E-state index in [1.165, 1.54) is 32.4 Å². The Morgan fingerprint density at radius 2 is 1.67 bits per heavy atom. The van der Waals surface area contributed by atoms with Gasteiger partial charge in [0.25, 0.3) is 11.8 Å².